The van der Waals surface area contributed by atoms with Crippen molar-refractivity contribution >= 4 is 17.5 Å². The number of anilines is 1. The Labute approximate surface area is 117 Å². The van der Waals surface area contributed by atoms with Crippen LogP contribution in [0.3, 0.4) is 0 Å². The third kappa shape index (κ3) is 1.88. The molecule has 20 heavy (non-hydrogen) atoms. The molecule has 2 aliphatic rings. The third-order valence-electron chi connectivity index (χ3n) is 3.63. The van der Waals surface area contributed by atoms with Gasteiger partial charge in [-0.15, -0.1) is 0 Å². The van der Waals surface area contributed by atoms with Crippen LogP contribution in [0.25, 0.3) is 0 Å². The molecule has 0 spiro atoms. The Hall–Kier alpha value is -2.24. The van der Waals surface area contributed by atoms with Crippen LogP contribution in [0, 0.1) is 0 Å². The quantitative estimate of drug-likeness (QED) is 0.785. The first-order valence-corrected chi connectivity index (χ1v) is 6.84. The number of unbranched alkanes of at least 4 members (excludes halogenated alkanes) is 1. The van der Waals surface area contributed by atoms with Gasteiger partial charge in [-0.3, -0.25) is 14.5 Å². The van der Waals surface area contributed by atoms with E-state index in [0.29, 0.717) is 6.54 Å². The Balaban J connectivity index is 1.85. The van der Waals surface area contributed by atoms with E-state index in [4.69, 9.17) is 0 Å². The molecule has 2 heterocycles. The van der Waals surface area contributed by atoms with Crippen LogP contribution in [0.5, 0.6) is 0 Å². The lowest BCUT2D eigenvalue weighted by Gasteiger charge is -2.20. The standard InChI is InChI=1S/C14H16N4O2/c1-2-3-9-17-13(19)11-12(14(17)20)18(16-15-11)10-7-5-4-6-8-10/h4-8,11-12H,2-3,9H2,1H3/t11-,12-/m0/s1. The van der Waals surface area contributed by atoms with E-state index in [0.717, 1.165) is 18.5 Å². The van der Waals surface area contributed by atoms with Crippen LogP contribution in [0.4, 0.5) is 5.69 Å². The summed E-state index contributed by atoms with van der Waals surface area (Å²) in [5.74, 6) is -0.419. The van der Waals surface area contributed by atoms with Gasteiger partial charge >= 0.3 is 0 Å². The van der Waals surface area contributed by atoms with Crippen molar-refractivity contribution in [1.82, 2.24) is 4.90 Å². The largest absolute Gasteiger partial charge is 0.279 e. The molecule has 3 rings (SSSR count). The van der Waals surface area contributed by atoms with E-state index in [-0.39, 0.29) is 11.8 Å². The highest BCUT2D eigenvalue weighted by Gasteiger charge is 2.54. The van der Waals surface area contributed by atoms with Crippen molar-refractivity contribution in [2.75, 3.05) is 11.6 Å². The number of imide groups is 1. The van der Waals surface area contributed by atoms with Crippen molar-refractivity contribution in [3.8, 4) is 0 Å². The molecule has 1 aromatic carbocycles. The second-order valence-electron chi connectivity index (χ2n) is 4.96. The van der Waals surface area contributed by atoms with Crippen LogP contribution in [0.1, 0.15) is 19.8 Å². The number of rotatable bonds is 4. The van der Waals surface area contributed by atoms with E-state index in [1.807, 2.05) is 37.3 Å². The van der Waals surface area contributed by atoms with Gasteiger partial charge in [0.1, 0.15) is 0 Å². The summed E-state index contributed by atoms with van der Waals surface area (Å²) in [6.07, 6.45) is 1.76. The maximum absolute atomic E-state index is 12.4. The molecule has 0 unspecified atom stereocenters. The highest BCUT2D eigenvalue weighted by atomic mass is 16.2. The summed E-state index contributed by atoms with van der Waals surface area (Å²) in [6, 6.07) is 8.05. The molecule has 0 aliphatic carbocycles. The molecule has 0 N–H and O–H groups in total. The molecule has 0 saturated carbocycles. The lowest BCUT2D eigenvalue weighted by Crippen LogP contribution is -2.40. The summed E-state index contributed by atoms with van der Waals surface area (Å²) in [5, 5.41) is 9.53. The first-order chi connectivity index (χ1) is 9.74. The molecule has 6 heteroatoms. The van der Waals surface area contributed by atoms with Gasteiger partial charge in [0.25, 0.3) is 11.8 Å². The maximum atomic E-state index is 12.4. The lowest BCUT2D eigenvalue weighted by atomic mass is 10.1. The molecule has 6 nitrogen and oxygen atoms in total. The van der Waals surface area contributed by atoms with Crippen LogP contribution in [-0.2, 0) is 9.59 Å². The zero-order valence-corrected chi connectivity index (χ0v) is 11.3. The number of fused-ring (bicyclic) bond motifs is 1. The number of carbonyl (C=O) groups excluding carboxylic acids is 2. The van der Waals surface area contributed by atoms with Crippen LogP contribution >= 0.6 is 0 Å². The molecule has 1 saturated heterocycles. The van der Waals surface area contributed by atoms with Crippen molar-refractivity contribution in [3.05, 3.63) is 30.3 Å². The molecule has 2 aliphatic heterocycles. The number of nitrogens with zero attached hydrogens (tertiary/aromatic N) is 4. The highest BCUT2D eigenvalue weighted by Crippen LogP contribution is 2.32. The second kappa shape index (κ2) is 5.03. The van der Waals surface area contributed by atoms with Gasteiger partial charge in [0.15, 0.2) is 12.1 Å². The Morgan fingerprint density at radius 2 is 1.90 bits per heavy atom. The van der Waals surface area contributed by atoms with Gasteiger partial charge in [-0.25, -0.2) is 5.01 Å². The number of carbonyl (C=O) groups is 2. The summed E-state index contributed by atoms with van der Waals surface area (Å²) < 4.78 is 0. The second-order valence-corrected chi connectivity index (χ2v) is 4.96. The predicted molar refractivity (Wildman–Crippen MR) is 73.0 cm³/mol. The summed E-state index contributed by atoms with van der Waals surface area (Å²) >= 11 is 0. The van der Waals surface area contributed by atoms with Gasteiger partial charge in [-0.1, -0.05) is 36.8 Å². The third-order valence-corrected chi connectivity index (χ3v) is 3.63. The summed E-state index contributed by atoms with van der Waals surface area (Å²) in [6.45, 7) is 2.50. The topological polar surface area (TPSA) is 65.3 Å². The number of para-hydroxylation sites is 1. The first-order valence-electron chi connectivity index (χ1n) is 6.84. The fourth-order valence-electron chi connectivity index (χ4n) is 2.55. The molecule has 0 radical (unpaired) electrons. The van der Waals surface area contributed by atoms with Crippen LogP contribution in [0.15, 0.2) is 40.7 Å². The number of likely N-dealkylation sites (tertiary alicyclic amines) is 1. The smallest absolute Gasteiger partial charge is 0.258 e. The molecule has 0 aromatic heterocycles. The molecule has 2 amide bonds. The summed E-state index contributed by atoms with van der Waals surface area (Å²) in [5.41, 5.74) is 0.780. The van der Waals surface area contributed by atoms with Gasteiger partial charge < -0.3 is 0 Å². The van der Waals surface area contributed by atoms with Gasteiger partial charge in [0.05, 0.1) is 5.69 Å². The summed E-state index contributed by atoms with van der Waals surface area (Å²) in [7, 11) is 0. The van der Waals surface area contributed by atoms with Gasteiger partial charge in [-0.2, -0.15) is 5.11 Å². The molecule has 1 fully saturated rings. The van der Waals surface area contributed by atoms with Crippen LogP contribution in [0.2, 0.25) is 0 Å². The van der Waals surface area contributed by atoms with E-state index in [2.05, 4.69) is 10.3 Å². The van der Waals surface area contributed by atoms with E-state index in [9.17, 15) is 9.59 Å². The van der Waals surface area contributed by atoms with Gasteiger partial charge in [-0.05, 0) is 18.6 Å². The van der Waals surface area contributed by atoms with E-state index >= 15 is 0 Å². The van der Waals surface area contributed by atoms with E-state index in [1.165, 1.54) is 4.90 Å². The predicted octanol–water partition coefficient (Wildman–Crippen LogP) is 1.78. The monoisotopic (exact) mass is 272 g/mol. The zero-order chi connectivity index (χ0) is 14.1. The Morgan fingerprint density at radius 3 is 2.60 bits per heavy atom. The molecular formula is C14H16N4O2. The molecule has 2 atom stereocenters. The van der Waals surface area contributed by atoms with Crippen LogP contribution in [-0.4, -0.2) is 35.3 Å². The number of benzene rings is 1. The Bertz CT molecular complexity index is 558. The fourth-order valence-corrected chi connectivity index (χ4v) is 2.55. The molecular weight excluding hydrogens is 256 g/mol. The van der Waals surface area contributed by atoms with E-state index in [1.54, 1.807) is 5.01 Å². The van der Waals surface area contributed by atoms with Crippen molar-refractivity contribution < 1.29 is 9.59 Å². The number of hydrogen-bond donors (Lipinski definition) is 0. The molecule has 0 bridgehead atoms. The molecule has 104 valence electrons. The van der Waals surface area contributed by atoms with Crippen molar-refractivity contribution in [3.63, 3.8) is 0 Å². The minimum atomic E-state index is -0.681. The maximum Gasteiger partial charge on any atom is 0.258 e. The average Bonchev–Trinajstić information content (AvgIpc) is 3.01. The number of amides is 2. The van der Waals surface area contributed by atoms with Crippen molar-refractivity contribution in [1.29, 1.82) is 0 Å². The number of hydrogen-bond acceptors (Lipinski definition) is 5. The average molecular weight is 272 g/mol. The SMILES string of the molecule is CCCCN1C(=O)[C@H]2N=NN(c3ccccc3)[C@@H]2C1=O. The van der Waals surface area contributed by atoms with Gasteiger partial charge in [0.2, 0.25) is 0 Å². The van der Waals surface area contributed by atoms with Crippen molar-refractivity contribution in [2.24, 2.45) is 10.3 Å². The minimum Gasteiger partial charge on any atom is -0.279 e. The summed E-state index contributed by atoms with van der Waals surface area (Å²) in [4.78, 5) is 26.0. The van der Waals surface area contributed by atoms with Gasteiger partial charge in [0, 0.05) is 6.54 Å². The van der Waals surface area contributed by atoms with Crippen LogP contribution < -0.4 is 5.01 Å². The Morgan fingerprint density at radius 1 is 1.15 bits per heavy atom. The first kappa shape index (κ1) is 12.8. The zero-order valence-electron chi connectivity index (χ0n) is 11.3. The Kier molecular flexibility index (Phi) is 3.22. The molecule has 1 aromatic rings. The van der Waals surface area contributed by atoms with Crippen molar-refractivity contribution in [2.45, 2.75) is 31.8 Å². The highest BCUT2D eigenvalue weighted by molar-refractivity contribution is 6.11. The fraction of sp³-hybridized carbons (Fsp3) is 0.429. The normalized spacial score (nSPS) is 24.6. The minimum absolute atomic E-state index is 0.192. The van der Waals surface area contributed by atoms with E-state index < -0.39 is 12.1 Å². The lowest BCUT2D eigenvalue weighted by molar-refractivity contribution is -0.139.